The first-order valence-electron chi connectivity index (χ1n) is 10.8. The maximum atomic E-state index is 13.0. The largest absolute Gasteiger partial charge is 0.436 e. The lowest BCUT2D eigenvalue weighted by Crippen LogP contribution is -2.12. The summed E-state index contributed by atoms with van der Waals surface area (Å²) in [5.74, 6) is 0.348. The first kappa shape index (κ1) is 21.2. The molecule has 4 nitrogen and oxygen atoms in total. The van der Waals surface area contributed by atoms with Crippen molar-refractivity contribution in [1.82, 2.24) is 4.98 Å². The quantitative estimate of drug-likeness (QED) is 0.302. The number of nitrogens with one attached hydrogen (secondary N) is 1. The van der Waals surface area contributed by atoms with E-state index in [0.29, 0.717) is 33.3 Å². The number of carbonyl (C=O) groups excluding carboxylic acids is 1. The lowest BCUT2D eigenvalue weighted by Gasteiger charge is -2.18. The number of oxazole rings is 1. The summed E-state index contributed by atoms with van der Waals surface area (Å²) in [6.07, 6.45) is 0. The molecule has 0 saturated heterocycles. The maximum Gasteiger partial charge on any atom is 0.256 e. The van der Waals surface area contributed by atoms with Crippen molar-refractivity contribution in [2.24, 2.45) is 0 Å². The summed E-state index contributed by atoms with van der Waals surface area (Å²) in [4.78, 5) is 17.7. The zero-order valence-electron chi connectivity index (χ0n) is 18.6. The predicted molar refractivity (Wildman–Crippen MR) is 135 cm³/mol. The van der Waals surface area contributed by atoms with Crippen molar-refractivity contribution in [2.75, 3.05) is 5.32 Å². The van der Waals surface area contributed by atoms with Gasteiger partial charge in [0.1, 0.15) is 5.52 Å². The predicted octanol–water partition coefficient (Wildman–Crippen LogP) is 7.85. The molecular weight excluding hydrogens is 432 g/mol. The van der Waals surface area contributed by atoms with Gasteiger partial charge in [0.05, 0.1) is 0 Å². The minimum Gasteiger partial charge on any atom is -0.436 e. The first-order chi connectivity index (χ1) is 15.8. The second-order valence-corrected chi connectivity index (χ2v) is 9.53. The normalized spacial score (nSPS) is 11.8. The van der Waals surface area contributed by atoms with Gasteiger partial charge in [-0.25, -0.2) is 4.98 Å². The van der Waals surface area contributed by atoms with Gasteiger partial charge in [-0.05, 0) is 58.8 Å². The number of amides is 1. The minimum atomic E-state index is -0.205. The molecule has 33 heavy (non-hydrogen) atoms. The van der Waals surface area contributed by atoms with Crippen molar-refractivity contribution in [1.29, 1.82) is 0 Å². The molecule has 0 fully saturated rings. The monoisotopic (exact) mass is 454 g/mol. The van der Waals surface area contributed by atoms with E-state index in [0.717, 1.165) is 16.3 Å². The summed E-state index contributed by atoms with van der Waals surface area (Å²) >= 11 is 6.29. The van der Waals surface area contributed by atoms with Gasteiger partial charge in [0.2, 0.25) is 5.89 Å². The number of hydrogen-bond acceptors (Lipinski definition) is 3. The summed E-state index contributed by atoms with van der Waals surface area (Å²) in [5.41, 5.74) is 4.81. The van der Waals surface area contributed by atoms with E-state index in [4.69, 9.17) is 16.0 Å². The Morgan fingerprint density at radius 2 is 1.64 bits per heavy atom. The van der Waals surface area contributed by atoms with Gasteiger partial charge in [-0.15, -0.1) is 0 Å². The Balaban J connectivity index is 1.43. The van der Waals surface area contributed by atoms with E-state index in [9.17, 15) is 4.79 Å². The molecule has 0 bridgehead atoms. The Hall–Kier alpha value is -3.63. The number of benzene rings is 4. The molecule has 0 aliphatic carbocycles. The number of anilines is 1. The fourth-order valence-electron chi connectivity index (χ4n) is 3.91. The van der Waals surface area contributed by atoms with Crippen LogP contribution < -0.4 is 5.32 Å². The highest BCUT2D eigenvalue weighted by molar-refractivity contribution is 6.36. The van der Waals surface area contributed by atoms with Gasteiger partial charge in [-0.1, -0.05) is 68.8 Å². The van der Waals surface area contributed by atoms with Crippen LogP contribution in [0.25, 0.3) is 33.3 Å². The standard InChI is InChI=1S/C28H23ClN2O2/c1-28(2,3)18-12-10-17(11-13-18)27-31-24-16-19(14-15-25(24)33-27)30-26(32)22-8-4-7-21-20(22)6-5-9-23(21)29/h4-16H,1-3H3,(H,30,32). The van der Waals surface area contributed by atoms with Crippen molar-refractivity contribution in [3.05, 3.63) is 95.0 Å². The summed E-state index contributed by atoms with van der Waals surface area (Å²) in [6.45, 7) is 6.55. The van der Waals surface area contributed by atoms with Crippen LogP contribution in [0, 0.1) is 0 Å². The van der Waals surface area contributed by atoms with Crippen LogP contribution in [0.5, 0.6) is 0 Å². The zero-order chi connectivity index (χ0) is 23.2. The molecule has 5 aromatic rings. The van der Waals surface area contributed by atoms with Crippen LogP contribution in [-0.4, -0.2) is 10.9 Å². The Labute approximate surface area is 197 Å². The van der Waals surface area contributed by atoms with E-state index in [1.807, 2.05) is 60.7 Å². The van der Waals surface area contributed by atoms with Crippen LogP contribution in [0.1, 0.15) is 36.7 Å². The average Bonchev–Trinajstić information content (AvgIpc) is 3.22. The van der Waals surface area contributed by atoms with Crippen molar-refractivity contribution >= 4 is 45.1 Å². The minimum absolute atomic E-state index is 0.0857. The van der Waals surface area contributed by atoms with Crippen LogP contribution in [0.4, 0.5) is 5.69 Å². The van der Waals surface area contributed by atoms with E-state index in [1.165, 1.54) is 5.56 Å². The molecule has 1 N–H and O–H groups in total. The summed E-state index contributed by atoms with van der Waals surface area (Å²) in [7, 11) is 0. The van der Waals surface area contributed by atoms with Gasteiger partial charge in [0.15, 0.2) is 5.58 Å². The molecule has 5 rings (SSSR count). The average molecular weight is 455 g/mol. The Morgan fingerprint density at radius 3 is 2.39 bits per heavy atom. The number of rotatable bonds is 3. The molecule has 5 heteroatoms. The zero-order valence-corrected chi connectivity index (χ0v) is 19.4. The Morgan fingerprint density at radius 1 is 0.909 bits per heavy atom. The molecule has 0 unspecified atom stereocenters. The third-order valence-corrected chi connectivity index (χ3v) is 6.09. The number of aromatic nitrogens is 1. The van der Waals surface area contributed by atoms with Crippen LogP contribution in [0.15, 0.2) is 83.3 Å². The summed E-state index contributed by atoms with van der Waals surface area (Å²) < 4.78 is 5.96. The number of nitrogens with zero attached hydrogens (tertiary/aromatic N) is 1. The molecule has 0 radical (unpaired) electrons. The Kier molecular flexibility index (Phi) is 5.18. The number of fused-ring (bicyclic) bond motifs is 2. The third-order valence-electron chi connectivity index (χ3n) is 5.76. The lowest BCUT2D eigenvalue weighted by molar-refractivity contribution is 0.102. The third kappa shape index (κ3) is 4.10. The fourth-order valence-corrected chi connectivity index (χ4v) is 4.15. The number of halogens is 1. The number of hydrogen-bond donors (Lipinski definition) is 1. The second-order valence-electron chi connectivity index (χ2n) is 9.12. The van der Waals surface area contributed by atoms with Crippen molar-refractivity contribution < 1.29 is 9.21 Å². The molecule has 0 aliphatic rings. The second kappa shape index (κ2) is 8.05. The van der Waals surface area contributed by atoms with Crippen LogP contribution in [0.2, 0.25) is 5.02 Å². The van der Waals surface area contributed by atoms with E-state index >= 15 is 0 Å². The lowest BCUT2D eigenvalue weighted by atomic mass is 9.87. The van der Waals surface area contributed by atoms with Gasteiger partial charge in [0.25, 0.3) is 5.91 Å². The van der Waals surface area contributed by atoms with E-state index in [1.54, 1.807) is 6.07 Å². The van der Waals surface area contributed by atoms with E-state index < -0.39 is 0 Å². The molecule has 0 aliphatic heterocycles. The van der Waals surface area contributed by atoms with Gasteiger partial charge in [-0.3, -0.25) is 4.79 Å². The van der Waals surface area contributed by atoms with Crippen LogP contribution in [-0.2, 0) is 5.41 Å². The highest BCUT2D eigenvalue weighted by atomic mass is 35.5. The van der Waals surface area contributed by atoms with Crippen molar-refractivity contribution in [3.8, 4) is 11.5 Å². The molecule has 1 heterocycles. The molecule has 164 valence electrons. The first-order valence-corrected chi connectivity index (χ1v) is 11.2. The molecular formula is C28H23ClN2O2. The highest BCUT2D eigenvalue weighted by Gasteiger charge is 2.16. The van der Waals surface area contributed by atoms with Crippen molar-refractivity contribution in [3.63, 3.8) is 0 Å². The van der Waals surface area contributed by atoms with E-state index in [-0.39, 0.29) is 11.3 Å². The molecule has 4 aromatic carbocycles. The fraction of sp³-hybridized carbons (Fsp3) is 0.143. The molecule has 0 saturated carbocycles. The summed E-state index contributed by atoms with van der Waals surface area (Å²) in [6, 6.07) is 24.8. The Bertz CT molecular complexity index is 1490. The van der Waals surface area contributed by atoms with Crippen LogP contribution >= 0.6 is 11.6 Å². The van der Waals surface area contributed by atoms with Crippen LogP contribution in [0.3, 0.4) is 0 Å². The van der Waals surface area contributed by atoms with Gasteiger partial charge >= 0.3 is 0 Å². The van der Waals surface area contributed by atoms with Gasteiger partial charge in [0, 0.05) is 27.2 Å². The van der Waals surface area contributed by atoms with Crippen molar-refractivity contribution in [2.45, 2.75) is 26.2 Å². The molecule has 0 spiro atoms. The smallest absolute Gasteiger partial charge is 0.256 e. The molecule has 0 atom stereocenters. The number of carbonyl (C=O) groups is 1. The van der Waals surface area contributed by atoms with E-state index in [2.05, 4.69) is 43.2 Å². The summed E-state index contributed by atoms with van der Waals surface area (Å²) in [5, 5.41) is 5.25. The highest BCUT2D eigenvalue weighted by Crippen LogP contribution is 2.30. The molecule has 1 amide bonds. The maximum absolute atomic E-state index is 13.0. The topological polar surface area (TPSA) is 55.1 Å². The van der Waals surface area contributed by atoms with Gasteiger partial charge in [-0.2, -0.15) is 0 Å². The SMILES string of the molecule is CC(C)(C)c1ccc(-c2nc3cc(NC(=O)c4cccc5c(Cl)cccc45)ccc3o2)cc1. The van der Waals surface area contributed by atoms with Gasteiger partial charge < -0.3 is 9.73 Å². The molecule has 1 aromatic heterocycles.